The number of amides is 2. The van der Waals surface area contributed by atoms with Crippen molar-refractivity contribution in [3.05, 3.63) is 53.1 Å². The van der Waals surface area contributed by atoms with Gasteiger partial charge in [0.15, 0.2) is 5.17 Å². The highest BCUT2D eigenvalue weighted by Crippen LogP contribution is 2.34. The van der Waals surface area contributed by atoms with Crippen molar-refractivity contribution in [2.75, 3.05) is 38.7 Å². The number of rotatable bonds is 11. The van der Waals surface area contributed by atoms with Gasteiger partial charge in [0.05, 0.1) is 23.7 Å². The fourth-order valence-corrected chi connectivity index (χ4v) is 6.83. The molecule has 11 heteroatoms. The Morgan fingerprint density at radius 1 is 1.11 bits per heavy atom. The van der Waals surface area contributed by atoms with Gasteiger partial charge in [0, 0.05) is 32.3 Å². The molecular formula is C27H36N4O5S2. The molecule has 9 nitrogen and oxygen atoms in total. The van der Waals surface area contributed by atoms with Crippen LogP contribution in [0.25, 0.3) is 0 Å². The topological polar surface area (TPSA) is 108 Å². The smallest absolute Gasteiger partial charge is 0.243 e. The van der Waals surface area contributed by atoms with Crippen molar-refractivity contribution in [2.24, 2.45) is 4.99 Å². The van der Waals surface area contributed by atoms with Gasteiger partial charge in [0.2, 0.25) is 21.8 Å². The molecule has 0 unspecified atom stereocenters. The van der Waals surface area contributed by atoms with Gasteiger partial charge in [-0.2, -0.15) is 4.31 Å². The van der Waals surface area contributed by atoms with Crippen molar-refractivity contribution >= 4 is 50.1 Å². The molecule has 0 spiro atoms. The largest absolute Gasteiger partial charge is 0.383 e. The second kappa shape index (κ2) is 12.9. The average Bonchev–Trinajstić information content (AvgIpc) is 3.15. The van der Waals surface area contributed by atoms with Gasteiger partial charge in [-0.05, 0) is 49.6 Å². The summed E-state index contributed by atoms with van der Waals surface area (Å²) in [6, 6.07) is 10.6. The number of para-hydroxylation sites is 1. The van der Waals surface area contributed by atoms with Crippen molar-refractivity contribution in [1.29, 1.82) is 0 Å². The van der Waals surface area contributed by atoms with Gasteiger partial charge < -0.3 is 10.1 Å². The summed E-state index contributed by atoms with van der Waals surface area (Å²) in [5, 5.41) is 2.70. The van der Waals surface area contributed by atoms with Crippen molar-refractivity contribution in [3.8, 4) is 0 Å². The standard InChI is InChI=1S/C27H36N4O5S2/c1-7-30(8-2)38(34,35)21-13-12-18(3)22(16-21)28-27-31(14-15-36-6)26(33)23(37-27)17-24(32)29-25-19(4)10-9-11-20(25)5/h9-13,16,23H,7-8,14-15,17H2,1-6H3,(H,29,32)/t23-/m0/s1. The quantitative estimate of drug-likeness (QED) is 0.440. The van der Waals surface area contributed by atoms with E-state index < -0.39 is 15.3 Å². The number of amidine groups is 1. The fourth-order valence-electron chi connectivity index (χ4n) is 4.17. The third-order valence-electron chi connectivity index (χ3n) is 6.40. The Hall–Kier alpha value is -2.73. The molecule has 1 aliphatic heterocycles. The third kappa shape index (κ3) is 6.63. The molecule has 0 aromatic heterocycles. The lowest BCUT2D eigenvalue weighted by Crippen LogP contribution is -2.35. The van der Waals surface area contributed by atoms with E-state index in [0.717, 1.165) is 22.4 Å². The number of aliphatic imine (C=N–C) groups is 1. The van der Waals surface area contributed by atoms with Crippen LogP contribution in [0.15, 0.2) is 46.3 Å². The van der Waals surface area contributed by atoms with E-state index >= 15 is 0 Å². The fraction of sp³-hybridized carbons (Fsp3) is 0.444. The minimum atomic E-state index is -3.67. The van der Waals surface area contributed by atoms with Crippen LogP contribution < -0.4 is 5.32 Å². The molecule has 1 fully saturated rings. The molecule has 2 aromatic rings. The van der Waals surface area contributed by atoms with E-state index in [-0.39, 0.29) is 29.7 Å². The number of hydrogen-bond donors (Lipinski definition) is 1. The lowest BCUT2D eigenvalue weighted by Gasteiger charge is -2.19. The number of thioether (sulfide) groups is 1. The minimum absolute atomic E-state index is 0.0187. The van der Waals surface area contributed by atoms with Gasteiger partial charge >= 0.3 is 0 Å². The first-order chi connectivity index (χ1) is 18.0. The molecule has 1 heterocycles. The first-order valence-electron chi connectivity index (χ1n) is 12.6. The second-order valence-electron chi connectivity index (χ2n) is 9.04. The molecule has 1 N–H and O–H groups in total. The molecule has 0 radical (unpaired) electrons. The summed E-state index contributed by atoms with van der Waals surface area (Å²) >= 11 is 1.21. The zero-order chi connectivity index (χ0) is 28.0. The number of benzene rings is 2. The summed E-state index contributed by atoms with van der Waals surface area (Å²) in [5.74, 6) is -0.489. The number of sulfonamides is 1. The Morgan fingerprint density at radius 3 is 2.37 bits per heavy atom. The van der Waals surface area contributed by atoms with Gasteiger partial charge in [0.1, 0.15) is 5.25 Å². The molecule has 1 saturated heterocycles. The highest BCUT2D eigenvalue weighted by molar-refractivity contribution is 8.15. The Morgan fingerprint density at radius 2 is 1.76 bits per heavy atom. The molecule has 0 saturated carbocycles. The summed E-state index contributed by atoms with van der Waals surface area (Å²) in [6.07, 6.45) is -0.0187. The maximum atomic E-state index is 13.3. The monoisotopic (exact) mass is 560 g/mol. The van der Waals surface area contributed by atoms with Crippen LogP contribution in [0.2, 0.25) is 0 Å². The van der Waals surface area contributed by atoms with Crippen molar-refractivity contribution < 1.29 is 22.7 Å². The highest BCUT2D eigenvalue weighted by Gasteiger charge is 2.39. The molecule has 0 bridgehead atoms. The van der Waals surface area contributed by atoms with E-state index in [9.17, 15) is 18.0 Å². The summed E-state index contributed by atoms with van der Waals surface area (Å²) in [6.45, 7) is 10.6. The summed E-state index contributed by atoms with van der Waals surface area (Å²) < 4.78 is 32.7. The maximum Gasteiger partial charge on any atom is 0.243 e. The predicted octanol–water partition coefficient (Wildman–Crippen LogP) is 4.25. The number of ether oxygens (including phenoxy) is 1. The number of anilines is 1. The zero-order valence-corrected chi connectivity index (χ0v) is 24.4. The molecule has 206 valence electrons. The van der Waals surface area contributed by atoms with Crippen LogP contribution in [0.4, 0.5) is 11.4 Å². The Kier molecular flexibility index (Phi) is 10.1. The van der Waals surface area contributed by atoms with E-state index in [0.29, 0.717) is 30.6 Å². The predicted molar refractivity (Wildman–Crippen MR) is 153 cm³/mol. The third-order valence-corrected chi connectivity index (χ3v) is 9.62. The number of carbonyl (C=O) groups excluding carboxylic acids is 2. The SMILES string of the molecule is CCN(CC)S(=O)(=O)c1ccc(C)c(N=C2S[C@@H](CC(=O)Nc3c(C)cccc3C)C(=O)N2CCOC)c1. The van der Waals surface area contributed by atoms with Gasteiger partial charge in [-0.15, -0.1) is 0 Å². The normalized spacial score (nSPS) is 17.0. The Bertz CT molecular complexity index is 1300. The molecule has 38 heavy (non-hydrogen) atoms. The minimum Gasteiger partial charge on any atom is -0.383 e. The molecule has 3 rings (SSSR count). The Balaban J connectivity index is 1.90. The van der Waals surface area contributed by atoms with Crippen LogP contribution in [-0.2, 0) is 24.3 Å². The van der Waals surface area contributed by atoms with Crippen molar-refractivity contribution in [2.45, 2.75) is 51.2 Å². The van der Waals surface area contributed by atoms with Gasteiger partial charge in [-0.1, -0.05) is 49.9 Å². The lowest BCUT2D eigenvalue weighted by molar-refractivity contribution is -0.128. The van der Waals surface area contributed by atoms with Crippen LogP contribution in [0, 0.1) is 20.8 Å². The maximum absolute atomic E-state index is 13.3. The first kappa shape index (κ1) is 29.8. The summed E-state index contributed by atoms with van der Waals surface area (Å²) in [5.41, 5.74) is 3.87. The molecule has 1 atom stereocenters. The molecule has 0 aliphatic carbocycles. The number of carbonyl (C=O) groups is 2. The summed E-state index contributed by atoms with van der Waals surface area (Å²) in [4.78, 5) is 32.6. The average molecular weight is 561 g/mol. The van der Waals surface area contributed by atoms with Gasteiger partial charge in [0.25, 0.3) is 0 Å². The number of nitrogens with zero attached hydrogens (tertiary/aromatic N) is 3. The van der Waals surface area contributed by atoms with Crippen LogP contribution in [0.1, 0.15) is 37.0 Å². The highest BCUT2D eigenvalue weighted by atomic mass is 32.2. The van der Waals surface area contributed by atoms with Crippen LogP contribution in [0.5, 0.6) is 0 Å². The first-order valence-corrected chi connectivity index (χ1v) is 14.9. The zero-order valence-electron chi connectivity index (χ0n) is 22.8. The van der Waals surface area contributed by atoms with Crippen LogP contribution >= 0.6 is 11.8 Å². The van der Waals surface area contributed by atoms with Crippen LogP contribution in [-0.4, -0.2) is 73.2 Å². The van der Waals surface area contributed by atoms with Crippen molar-refractivity contribution in [1.82, 2.24) is 9.21 Å². The summed E-state index contributed by atoms with van der Waals surface area (Å²) in [7, 11) is -2.13. The van der Waals surface area contributed by atoms with Crippen molar-refractivity contribution in [3.63, 3.8) is 0 Å². The van der Waals surface area contributed by atoms with Crippen LogP contribution in [0.3, 0.4) is 0 Å². The molecular weight excluding hydrogens is 524 g/mol. The lowest BCUT2D eigenvalue weighted by atomic mass is 10.1. The number of nitrogens with one attached hydrogen (secondary N) is 1. The molecule has 1 aliphatic rings. The van der Waals surface area contributed by atoms with E-state index in [2.05, 4.69) is 5.32 Å². The Labute approximate surface area is 229 Å². The number of hydrogen-bond acceptors (Lipinski definition) is 7. The van der Waals surface area contributed by atoms with E-state index in [4.69, 9.17) is 9.73 Å². The van der Waals surface area contributed by atoms with E-state index in [1.165, 1.54) is 27.0 Å². The van der Waals surface area contributed by atoms with Gasteiger partial charge in [-0.3, -0.25) is 14.5 Å². The molecule has 2 amide bonds. The number of aryl methyl sites for hydroxylation is 3. The molecule has 2 aromatic carbocycles. The van der Waals surface area contributed by atoms with E-state index in [1.807, 2.05) is 39.0 Å². The number of methoxy groups -OCH3 is 1. The van der Waals surface area contributed by atoms with E-state index in [1.54, 1.807) is 33.1 Å². The second-order valence-corrected chi connectivity index (χ2v) is 12.1. The van der Waals surface area contributed by atoms with Gasteiger partial charge in [-0.25, -0.2) is 13.4 Å².